The number of aromatic nitrogens is 2. The molecule has 3 N–H and O–H groups in total. The van der Waals surface area contributed by atoms with Gasteiger partial charge in [0.2, 0.25) is 5.91 Å². The Morgan fingerprint density at radius 2 is 1.70 bits per heavy atom. The quantitative estimate of drug-likeness (QED) is 0.188. The van der Waals surface area contributed by atoms with E-state index in [1.807, 2.05) is 30.3 Å². The predicted octanol–water partition coefficient (Wildman–Crippen LogP) is 7.06. The van der Waals surface area contributed by atoms with E-state index in [2.05, 4.69) is 26.7 Å². The Hall–Kier alpha value is -4.94. The fourth-order valence-electron chi connectivity index (χ4n) is 8.91. The van der Waals surface area contributed by atoms with E-state index in [-0.39, 0.29) is 29.0 Å². The van der Waals surface area contributed by atoms with E-state index in [4.69, 9.17) is 14.5 Å². The molecule has 0 spiro atoms. The molecule has 274 valence electrons. The van der Waals surface area contributed by atoms with Gasteiger partial charge in [-0.2, -0.15) is 8.78 Å². The maximum absolute atomic E-state index is 16.4. The van der Waals surface area contributed by atoms with Crippen LogP contribution in [0.1, 0.15) is 67.1 Å². The lowest BCUT2D eigenvalue weighted by Gasteiger charge is -2.34. The first kappa shape index (κ1) is 33.9. The van der Waals surface area contributed by atoms with Gasteiger partial charge in [-0.05, 0) is 103 Å². The molecule has 4 aliphatic heterocycles. The SMILES string of the molecule is COC(=O)N[C@H](C(=O)N1CCC[C@H]1c1ncc(-c2ccc3c(c2)C(F)(F)c2cc(-c4ccc5c(c4)CC([C@@H]4CCCN4)=N5)ccc2-3)[nH]1)C1CCOCC1. The molecule has 1 aliphatic carbocycles. The van der Waals surface area contributed by atoms with Crippen LogP contribution >= 0.6 is 0 Å². The van der Waals surface area contributed by atoms with Crippen molar-refractivity contribution in [2.45, 2.75) is 69.0 Å². The van der Waals surface area contributed by atoms with Crippen molar-refractivity contribution < 1.29 is 27.8 Å². The van der Waals surface area contributed by atoms with Crippen LogP contribution in [0.4, 0.5) is 19.3 Å². The molecule has 10 nitrogen and oxygen atoms in total. The summed E-state index contributed by atoms with van der Waals surface area (Å²) in [4.78, 5) is 40.8. The van der Waals surface area contributed by atoms with Gasteiger partial charge in [-0.1, -0.05) is 30.3 Å². The molecule has 0 unspecified atom stereocenters. The highest BCUT2D eigenvalue weighted by Crippen LogP contribution is 2.53. The number of hydrogen-bond acceptors (Lipinski definition) is 7. The van der Waals surface area contributed by atoms with Gasteiger partial charge in [0.1, 0.15) is 11.9 Å². The number of alkyl halides is 2. The van der Waals surface area contributed by atoms with Gasteiger partial charge in [-0.15, -0.1) is 0 Å². The minimum Gasteiger partial charge on any atom is -0.453 e. The minimum atomic E-state index is -3.19. The number of carbonyl (C=O) groups is 2. The number of hydrogen-bond donors (Lipinski definition) is 3. The lowest BCUT2D eigenvalue weighted by Crippen LogP contribution is -2.53. The van der Waals surface area contributed by atoms with Crippen LogP contribution in [0.25, 0.3) is 33.5 Å². The third-order valence-electron chi connectivity index (χ3n) is 11.7. The molecule has 0 bridgehead atoms. The first-order valence-corrected chi connectivity index (χ1v) is 18.7. The fraction of sp³-hybridized carbons (Fsp3) is 0.415. The molecular formula is C41H42F2N6O4. The number of amides is 2. The molecule has 3 aromatic carbocycles. The largest absolute Gasteiger partial charge is 0.453 e. The summed E-state index contributed by atoms with van der Waals surface area (Å²) in [5.41, 5.74) is 7.10. The number of ether oxygens (including phenoxy) is 2. The molecule has 9 rings (SSSR count). The Morgan fingerprint density at radius 1 is 0.962 bits per heavy atom. The number of aromatic amines is 1. The number of halogens is 2. The standard InChI is InChI=1S/C41H42F2N6O4/c1-52-40(51)48-37(23-12-16-53-17-13-23)39(50)49-15-3-5-36(49)38-45-22-35(47-38)26-7-10-29-28-9-6-25(19-30(28)41(42,43)31(29)20-26)24-8-11-32-27(18-24)21-34(46-32)33-4-2-14-44-33/h6-11,18-20,22-23,33,36-37,44H,2-5,12-17,21H2,1H3,(H,45,47)(H,48,51)/t33-,36-,37-/m0/s1. The summed E-state index contributed by atoms with van der Waals surface area (Å²) in [6.07, 6.45) is 6.79. The lowest BCUT2D eigenvalue weighted by molar-refractivity contribution is -0.136. The second kappa shape index (κ2) is 13.5. The summed E-state index contributed by atoms with van der Waals surface area (Å²) < 4.78 is 43.1. The Kier molecular flexibility index (Phi) is 8.61. The highest BCUT2D eigenvalue weighted by Gasteiger charge is 2.45. The Labute approximate surface area is 306 Å². The van der Waals surface area contributed by atoms with Gasteiger partial charge >= 0.3 is 6.09 Å². The number of alkyl carbamates (subject to hydrolysis) is 1. The van der Waals surface area contributed by atoms with Crippen LogP contribution in [0.3, 0.4) is 0 Å². The van der Waals surface area contributed by atoms with Gasteiger partial charge in [0.15, 0.2) is 0 Å². The topological polar surface area (TPSA) is 121 Å². The Morgan fingerprint density at radius 3 is 2.45 bits per heavy atom. The first-order chi connectivity index (χ1) is 25.8. The molecular weight excluding hydrogens is 678 g/mol. The number of imidazole rings is 1. The second-order valence-electron chi connectivity index (χ2n) is 14.8. The van der Waals surface area contributed by atoms with Gasteiger partial charge < -0.3 is 30.0 Å². The third-order valence-corrected chi connectivity index (χ3v) is 11.7. The zero-order valence-corrected chi connectivity index (χ0v) is 29.6. The number of aliphatic imine (C=N–C) groups is 1. The monoisotopic (exact) mass is 720 g/mol. The molecule has 3 fully saturated rings. The van der Waals surface area contributed by atoms with Gasteiger partial charge in [0.25, 0.3) is 5.92 Å². The number of likely N-dealkylation sites (tertiary alicyclic amines) is 1. The zero-order valence-electron chi connectivity index (χ0n) is 29.6. The summed E-state index contributed by atoms with van der Waals surface area (Å²) in [7, 11) is 1.28. The Balaban J connectivity index is 0.945. The van der Waals surface area contributed by atoms with Crippen molar-refractivity contribution in [3.63, 3.8) is 0 Å². The third kappa shape index (κ3) is 6.01. The zero-order chi connectivity index (χ0) is 36.3. The van der Waals surface area contributed by atoms with E-state index in [1.54, 1.807) is 29.3 Å². The van der Waals surface area contributed by atoms with Crippen molar-refractivity contribution in [1.82, 2.24) is 25.5 Å². The van der Waals surface area contributed by atoms with Crippen LogP contribution < -0.4 is 10.6 Å². The number of fused-ring (bicyclic) bond motifs is 4. The molecule has 5 aliphatic rings. The van der Waals surface area contributed by atoms with Crippen LogP contribution in [0, 0.1) is 5.92 Å². The average Bonchev–Trinajstić information content (AvgIpc) is 4.04. The first-order valence-electron chi connectivity index (χ1n) is 18.7. The highest BCUT2D eigenvalue weighted by atomic mass is 19.3. The van der Waals surface area contributed by atoms with E-state index in [0.29, 0.717) is 73.3 Å². The molecule has 0 radical (unpaired) electrons. The lowest BCUT2D eigenvalue weighted by atomic mass is 9.90. The molecule has 53 heavy (non-hydrogen) atoms. The number of carbonyl (C=O) groups excluding carboxylic acids is 2. The van der Waals surface area contributed by atoms with Gasteiger partial charge in [0.05, 0.1) is 30.7 Å². The summed E-state index contributed by atoms with van der Waals surface area (Å²) in [5.74, 6) is -2.87. The normalized spacial score (nSPS) is 22.2. The van der Waals surface area contributed by atoms with Crippen LogP contribution in [0.5, 0.6) is 0 Å². The van der Waals surface area contributed by atoms with Crippen LogP contribution in [-0.4, -0.2) is 78.1 Å². The fourth-order valence-corrected chi connectivity index (χ4v) is 8.91. The smallest absolute Gasteiger partial charge is 0.407 e. The number of nitrogens with zero attached hydrogens (tertiary/aromatic N) is 3. The highest BCUT2D eigenvalue weighted by molar-refractivity contribution is 5.98. The van der Waals surface area contributed by atoms with Crippen LogP contribution in [-0.2, 0) is 26.6 Å². The van der Waals surface area contributed by atoms with Crippen molar-refractivity contribution in [2.24, 2.45) is 10.9 Å². The maximum Gasteiger partial charge on any atom is 0.407 e. The second-order valence-corrected chi connectivity index (χ2v) is 14.8. The van der Waals surface area contributed by atoms with Crippen molar-refractivity contribution in [1.29, 1.82) is 0 Å². The maximum atomic E-state index is 16.4. The summed E-state index contributed by atoms with van der Waals surface area (Å²) in [6, 6.07) is 15.8. The van der Waals surface area contributed by atoms with Gasteiger partial charge in [-0.3, -0.25) is 9.79 Å². The summed E-state index contributed by atoms with van der Waals surface area (Å²) >= 11 is 0. The Bertz CT molecular complexity index is 2120. The minimum absolute atomic E-state index is 0.000186. The number of benzene rings is 3. The summed E-state index contributed by atoms with van der Waals surface area (Å²) in [6.45, 7) is 2.58. The van der Waals surface area contributed by atoms with E-state index in [1.165, 1.54) is 7.11 Å². The number of H-pyrrole nitrogens is 1. The molecule has 1 aromatic heterocycles. The number of rotatable bonds is 7. The van der Waals surface area contributed by atoms with Gasteiger partial charge in [0, 0.05) is 54.6 Å². The van der Waals surface area contributed by atoms with Crippen LogP contribution in [0.15, 0.2) is 65.8 Å². The van der Waals surface area contributed by atoms with Crippen LogP contribution in [0.2, 0.25) is 0 Å². The number of methoxy groups -OCH3 is 1. The van der Waals surface area contributed by atoms with E-state index in [9.17, 15) is 9.59 Å². The number of nitrogens with one attached hydrogen (secondary N) is 3. The van der Waals surface area contributed by atoms with E-state index >= 15 is 8.78 Å². The van der Waals surface area contributed by atoms with Gasteiger partial charge in [-0.25, -0.2) is 9.78 Å². The van der Waals surface area contributed by atoms with Crippen molar-refractivity contribution in [3.05, 3.63) is 83.3 Å². The van der Waals surface area contributed by atoms with Crippen molar-refractivity contribution in [3.8, 4) is 33.5 Å². The predicted molar refractivity (Wildman–Crippen MR) is 196 cm³/mol. The van der Waals surface area contributed by atoms with E-state index < -0.39 is 18.1 Å². The average molecular weight is 721 g/mol. The molecule has 0 saturated carbocycles. The van der Waals surface area contributed by atoms with Crippen molar-refractivity contribution >= 4 is 23.4 Å². The molecule has 3 saturated heterocycles. The van der Waals surface area contributed by atoms with Crippen molar-refractivity contribution in [2.75, 3.05) is 33.4 Å². The summed E-state index contributed by atoms with van der Waals surface area (Å²) in [5, 5.41) is 6.30. The molecule has 2 amide bonds. The molecule has 3 atom stereocenters. The molecule has 12 heteroatoms. The molecule has 4 aromatic rings. The van der Waals surface area contributed by atoms with E-state index in [0.717, 1.165) is 60.3 Å². The molecule has 5 heterocycles.